The van der Waals surface area contributed by atoms with Crippen LogP contribution in [0.1, 0.15) is 50.8 Å². The van der Waals surface area contributed by atoms with Crippen LogP contribution < -0.4 is 16.2 Å². The lowest BCUT2D eigenvalue weighted by atomic mass is 9.93. The van der Waals surface area contributed by atoms with Crippen molar-refractivity contribution in [2.45, 2.75) is 45.2 Å². The average molecular weight is 411 g/mol. The predicted molar refractivity (Wildman–Crippen MR) is 119 cm³/mol. The van der Waals surface area contributed by atoms with Crippen molar-refractivity contribution in [3.63, 3.8) is 0 Å². The molecule has 2 aliphatic rings. The molecule has 0 spiro atoms. The SMILES string of the molecule is CC(C)CC(=O)Nc1ccnn1C1CCN(CC2CNNC2c2ccccc2)CC1. The first-order valence-electron chi connectivity index (χ1n) is 11.2. The number of carbonyl (C=O) groups is 1. The van der Waals surface area contributed by atoms with E-state index in [1.165, 1.54) is 5.56 Å². The molecule has 2 atom stereocenters. The molecule has 1 aromatic carbocycles. The van der Waals surface area contributed by atoms with Crippen LogP contribution in [0.4, 0.5) is 5.82 Å². The summed E-state index contributed by atoms with van der Waals surface area (Å²) in [5, 5.41) is 7.56. The molecule has 1 amide bonds. The molecule has 0 aliphatic carbocycles. The molecule has 2 aliphatic heterocycles. The number of hydrazine groups is 1. The van der Waals surface area contributed by atoms with E-state index in [0.29, 0.717) is 30.3 Å². The number of nitrogens with zero attached hydrogens (tertiary/aromatic N) is 3. The fourth-order valence-electron chi connectivity index (χ4n) is 4.67. The Morgan fingerprint density at radius 3 is 2.70 bits per heavy atom. The number of benzene rings is 1. The Labute approximate surface area is 179 Å². The lowest BCUT2D eigenvalue weighted by molar-refractivity contribution is -0.116. The number of anilines is 1. The van der Waals surface area contributed by atoms with Gasteiger partial charge in [0.15, 0.2) is 0 Å². The predicted octanol–water partition coefficient (Wildman–Crippen LogP) is 2.97. The third-order valence-electron chi connectivity index (χ3n) is 6.18. The molecule has 30 heavy (non-hydrogen) atoms. The van der Waals surface area contributed by atoms with Crippen molar-refractivity contribution in [3.8, 4) is 0 Å². The Morgan fingerprint density at radius 1 is 1.20 bits per heavy atom. The Morgan fingerprint density at radius 2 is 1.97 bits per heavy atom. The largest absolute Gasteiger partial charge is 0.311 e. The molecule has 3 N–H and O–H groups in total. The van der Waals surface area contributed by atoms with Gasteiger partial charge in [-0.3, -0.25) is 10.2 Å². The van der Waals surface area contributed by atoms with Crippen LogP contribution in [0.5, 0.6) is 0 Å². The highest BCUT2D eigenvalue weighted by Crippen LogP contribution is 2.29. The lowest BCUT2D eigenvalue weighted by Gasteiger charge is -2.35. The number of nitrogens with one attached hydrogen (secondary N) is 3. The molecule has 0 saturated carbocycles. The number of aromatic nitrogens is 2. The third kappa shape index (κ3) is 5.09. The number of rotatable bonds is 7. The highest BCUT2D eigenvalue weighted by molar-refractivity contribution is 5.89. The quantitative estimate of drug-likeness (QED) is 0.654. The second-order valence-electron chi connectivity index (χ2n) is 9.01. The van der Waals surface area contributed by atoms with Crippen molar-refractivity contribution >= 4 is 11.7 Å². The molecule has 0 bridgehead atoms. The summed E-state index contributed by atoms with van der Waals surface area (Å²) >= 11 is 0. The van der Waals surface area contributed by atoms with Crippen molar-refractivity contribution in [1.29, 1.82) is 0 Å². The lowest BCUT2D eigenvalue weighted by Crippen LogP contribution is -2.39. The minimum atomic E-state index is 0.0670. The maximum absolute atomic E-state index is 12.2. The summed E-state index contributed by atoms with van der Waals surface area (Å²) < 4.78 is 2.01. The van der Waals surface area contributed by atoms with Crippen LogP contribution >= 0.6 is 0 Å². The van der Waals surface area contributed by atoms with Gasteiger partial charge in [0, 0.05) is 44.6 Å². The number of piperidine rings is 1. The van der Waals surface area contributed by atoms with Crippen LogP contribution in [-0.4, -0.2) is 46.8 Å². The second kappa shape index (κ2) is 9.73. The molecule has 2 fully saturated rings. The molecule has 1 aromatic heterocycles. The fourth-order valence-corrected chi connectivity index (χ4v) is 4.67. The Balaban J connectivity index is 1.31. The minimum Gasteiger partial charge on any atom is -0.311 e. The first-order chi connectivity index (χ1) is 14.6. The van der Waals surface area contributed by atoms with Gasteiger partial charge < -0.3 is 10.2 Å². The van der Waals surface area contributed by atoms with E-state index in [1.54, 1.807) is 6.20 Å². The third-order valence-corrected chi connectivity index (χ3v) is 6.18. The van der Waals surface area contributed by atoms with Crippen molar-refractivity contribution < 1.29 is 4.79 Å². The molecule has 3 heterocycles. The van der Waals surface area contributed by atoms with E-state index >= 15 is 0 Å². The second-order valence-corrected chi connectivity index (χ2v) is 9.01. The highest BCUT2D eigenvalue weighted by Gasteiger charge is 2.31. The summed E-state index contributed by atoms with van der Waals surface area (Å²) in [5.41, 5.74) is 8.15. The van der Waals surface area contributed by atoms with Crippen molar-refractivity contribution in [1.82, 2.24) is 25.5 Å². The van der Waals surface area contributed by atoms with Gasteiger partial charge in [-0.05, 0) is 24.3 Å². The van der Waals surface area contributed by atoms with Crippen molar-refractivity contribution in [2.24, 2.45) is 11.8 Å². The molecule has 162 valence electrons. The molecule has 2 unspecified atom stereocenters. The van der Waals surface area contributed by atoms with Gasteiger partial charge in [0.25, 0.3) is 0 Å². The van der Waals surface area contributed by atoms with E-state index in [1.807, 2.05) is 10.7 Å². The van der Waals surface area contributed by atoms with Crippen LogP contribution in [-0.2, 0) is 4.79 Å². The van der Waals surface area contributed by atoms with Gasteiger partial charge in [-0.2, -0.15) is 5.10 Å². The number of hydrogen-bond acceptors (Lipinski definition) is 5. The number of hydrogen-bond donors (Lipinski definition) is 3. The van der Waals surface area contributed by atoms with Gasteiger partial charge in [-0.1, -0.05) is 44.2 Å². The average Bonchev–Trinajstić information content (AvgIpc) is 3.38. The van der Waals surface area contributed by atoms with Crippen LogP contribution in [0.2, 0.25) is 0 Å². The molecule has 7 nitrogen and oxygen atoms in total. The summed E-state index contributed by atoms with van der Waals surface area (Å²) in [6.07, 6.45) is 4.43. The molecule has 4 rings (SSSR count). The van der Waals surface area contributed by atoms with Crippen LogP contribution in [0, 0.1) is 11.8 Å². The smallest absolute Gasteiger partial charge is 0.225 e. The van der Waals surface area contributed by atoms with Gasteiger partial charge in [0.05, 0.1) is 18.3 Å². The summed E-state index contributed by atoms with van der Waals surface area (Å²) in [5.74, 6) is 1.80. The van der Waals surface area contributed by atoms with Crippen LogP contribution in [0.3, 0.4) is 0 Å². The first kappa shape index (κ1) is 21.0. The summed E-state index contributed by atoms with van der Waals surface area (Å²) in [7, 11) is 0. The zero-order valence-electron chi connectivity index (χ0n) is 18.1. The summed E-state index contributed by atoms with van der Waals surface area (Å²) in [4.78, 5) is 14.8. The first-order valence-corrected chi connectivity index (χ1v) is 11.2. The molecular weight excluding hydrogens is 376 g/mol. The van der Waals surface area contributed by atoms with Gasteiger partial charge in [-0.25, -0.2) is 10.1 Å². The van der Waals surface area contributed by atoms with Crippen molar-refractivity contribution in [2.75, 3.05) is 31.5 Å². The van der Waals surface area contributed by atoms with E-state index < -0.39 is 0 Å². The monoisotopic (exact) mass is 410 g/mol. The molecule has 2 aromatic rings. The van der Waals surface area contributed by atoms with Crippen LogP contribution in [0.15, 0.2) is 42.6 Å². The van der Waals surface area contributed by atoms with Gasteiger partial charge >= 0.3 is 0 Å². The van der Waals surface area contributed by atoms with Gasteiger partial charge in [0.2, 0.25) is 5.91 Å². The van der Waals surface area contributed by atoms with Gasteiger partial charge in [-0.15, -0.1) is 0 Å². The molecular formula is C23H34N6O. The maximum atomic E-state index is 12.2. The zero-order chi connectivity index (χ0) is 20.9. The number of likely N-dealkylation sites (tertiary alicyclic amines) is 1. The number of carbonyl (C=O) groups excluding carboxylic acids is 1. The van der Waals surface area contributed by atoms with E-state index in [2.05, 4.69) is 70.3 Å². The van der Waals surface area contributed by atoms with Crippen molar-refractivity contribution in [3.05, 3.63) is 48.2 Å². The Kier molecular flexibility index (Phi) is 6.82. The summed E-state index contributed by atoms with van der Waals surface area (Å²) in [6.45, 7) is 8.31. The van der Waals surface area contributed by atoms with E-state index in [4.69, 9.17) is 0 Å². The Bertz CT molecular complexity index is 812. The number of amides is 1. The highest BCUT2D eigenvalue weighted by atomic mass is 16.1. The molecule has 0 radical (unpaired) electrons. The van der Waals surface area contributed by atoms with E-state index in [-0.39, 0.29) is 5.91 Å². The normalized spacial score (nSPS) is 23.2. The van der Waals surface area contributed by atoms with Gasteiger partial charge in [0.1, 0.15) is 5.82 Å². The Hall–Kier alpha value is -2.22. The van der Waals surface area contributed by atoms with Crippen LogP contribution in [0.25, 0.3) is 0 Å². The summed E-state index contributed by atoms with van der Waals surface area (Å²) in [6, 6.07) is 13.3. The zero-order valence-corrected chi connectivity index (χ0v) is 18.1. The van der Waals surface area contributed by atoms with E-state index in [0.717, 1.165) is 44.8 Å². The fraction of sp³-hybridized carbons (Fsp3) is 0.565. The standard InChI is InChI=1S/C23H34N6O/c1-17(2)14-22(30)26-21-8-11-25-29(21)20-9-12-28(13-10-20)16-19-15-24-27-23(19)18-6-4-3-5-7-18/h3-8,11,17,19-20,23-24,27H,9-10,12-16H2,1-2H3,(H,26,30). The minimum absolute atomic E-state index is 0.0670. The molecule has 7 heteroatoms. The molecule has 2 saturated heterocycles. The van der Waals surface area contributed by atoms with E-state index in [9.17, 15) is 4.79 Å². The topological polar surface area (TPSA) is 74.2 Å². The maximum Gasteiger partial charge on any atom is 0.225 e.